The molecule has 1 rings (SSSR count). The summed E-state index contributed by atoms with van der Waals surface area (Å²) in [7, 11) is 1.88. The van der Waals surface area contributed by atoms with Crippen molar-refractivity contribution in [2.75, 3.05) is 13.7 Å². The van der Waals surface area contributed by atoms with E-state index in [-0.39, 0.29) is 11.9 Å². The standard InChI is InChI=1S/C13H20FNO/c1-9(2)8-16-13-7-11(10(3)15-4)5-6-12(13)14/h5-7,9-10,15H,8H2,1-4H3/t10-/m1/s1. The molecular formula is C13H20FNO. The van der Waals surface area contributed by atoms with E-state index in [9.17, 15) is 4.39 Å². The van der Waals surface area contributed by atoms with Crippen molar-refractivity contribution in [3.8, 4) is 5.75 Å². The molecule has 1 N–H and O–H groups in total. The Bertz CT molecular complexity index is 339. The molecule has 3 heteroatoms. The van der Waals surface area contributed by atoms with Crippen LogP contribution in [0.4, 0.5) is 4.39 Å². The summed E-state index contributed by atoms with van der Waals surface area (Å²) in [6.07, 6.45) is 0. The van der Waals surface area contributed by atoms with Crippen molar-refractivity contribution in [3.05, 3.63) is 29.6 Å². The molecule has 0 saturated carbocycles. The molecule has 0 radical (unpaired) electrons. The Hall–Kier alpha value is -1.09. The van der Waals surface area contributed by atoms with Crippen LogP contribution in [0.1, 0.15) is 32.4 Å². The molecule has 0 unspecified atom stereocenters. The van der Waals surface area contributed by atoms with Gasteiger partial charge in [-0.15, -0.1) is 0 Å². The summed E-state index contributed by atoms with van der Waals surface area (Å²) in [6.45, 7) is 6.64. The molecule has 0 aliphatic carbocycles. The van der Waals surface area contributed by atoms with E-state index in [4.69, 9.17) is 4.74 Å². The Kier molecular flexibility index (Phi) is 4.74. The first-order valence-corrected chi connectivity index (χ1v) is 5.64. The van der Waals surface area contributed by atoms with Crippen molar-refractivity contribution in [1.29, 1.82) is 0 Å². The monoisotopic (exact) mass is 225 g/mol. The normalized spacial score (nSPS) is 12.9. The van der Waals surface area contributed by atoms with E-state index in [0.29, 0.717) is 18.3 Å². The van der Waals surface area contributed by atoms with Gasteiger partial charge in [-0.1, -0.05) is 19.9 Å². The fourth-order valence-electron chi connectivity index (χ4n) is 1.32. The lowest BCUT2D eigenvalue weighted by Gasteiger charge is -2.14. The molecule has 0 heterocycles. The van der Waals surface area contributed by atoms with Crippen LogP contribution in [0, 0.1) is 11.7 Å². The second-order valence-corrected chi connectivity index (χ2v) is 4.41. The van der Waals surface area contributed by atoms with Crippen LogP contribution in [-0.2, 0) is 0 Å². The topological polar surface area (TPSA) is 21.3 Å². The quantitative estimate of drug-likeness (QED) is 0.831. The summed E-state index contributed by atoms with van der Waals surface area (Å²) >= 11 is 0. The lowest BCUT2D eigenvalue weighted by atomic mass is 10.1. The van der Waals surface area contributed by atoms with Crippen LogP contribution in [0.5, 0.6) is 5.75 Å². The molecule has 0 bridgehead atoms. The number of ether oxygens (including phenoxy) is 1. The molecule has 0 amide bonds. The van der Waals surface area contributed by atoms with Gasteiger partial charge in [0.1, 0.15) is 0 Å². The Morgan fingerprint density at radius 1 is 1.31 bits per heavy atom. The van der Waals surface area contributed by atoms with Crippen LogP contribution in [0.2, 0.25) is 0 Å². The summed E-state index contributed by atoms with van der Waals surface area (Å²) in [5, 5.41) is 3.11. The van der Waals surface area contributed by atoms with Gasteiger partial charge in [-0.25, -0.2) is 4.39 Å². The molecule has 1 aromatic rings. The van der Waals surface area contributed by atoms with Gasteiger partial charge in [0.2, 0.25) is 0 Å². The van der Waals surface area contributed by atoms with E-state index in [0.717, 1.165) is 5.56 Å². The van der Waals surface area contributed by atoms with Gasteiger partial charge in [-0.3, -0.25) is 0 Å². The Morgan fingerprint density at radius 2 is 2.00 bits per heavy atom. The van der Waals surface area contributed by atoms with E-state index in [1.165, 1.54) is 6.07 Å². The summed E-state index contributed by atoms with van der Waals surface area (Å²) in [5.74, 6) is 0.436. The van der Waals surface area contributed by atoms with Crippen LogP contribution >= 0.6 is 0 Å². The highest BCUT2D eigenvalue weighted by molar-refractivity contribution is 5.32. The van der Waals surface area contributed by atoms with Crippen LogP contribution in [0.15, 0.2) is 18.2 Å². The molecule has 2 nitrogen and oxygen atoms in total. The SMILES string of the molecule is CN[C@H](C)c1ccc(F)c(OCC(C)C)c1. The van der Waals surface area contributed by atoms with Gasteiger partial charge in [0, 0.05) is 6.04 Å². The van der Waals surface area contributed by atoms with E-state index in [2.05, 4.69) is 5.32 Å². The van der Waals surface area contributed by atoms with Gasteiger partial charge in [0.05, 0.1) is 6.61 Å². The van der Waals surface area contributed by atoms with Gasteiger partial charge in [0.15, 0.2) is 11.6 Å². The van der Waals surface area contributed by atoms with E-state index in [1.54, 1.807) is 12.1 Å². The first-order chi connectivity index (χ1) is 7.54. The maximum Gasteiger partial charge on any atom is 0.165 e. The Morgan fingerprint density at radius 3 is 2.56 bits per heavy atom. The highest BCUT2D eigenvalue weighted by Gasteiger charge is 2.09. The van der Waals surface area contributed by atoms with Gasteiger partial charge in [0.25, 0.3) is 0 Å². The van der Waals surface area contributed by atoms with Crippen LogP contribution in [-0.4, -0.2) is 13.7 Å². The molecule has 1 aromatic carbocycles. The number of rotatable bonds is 5. The van der Waals surface area contributed by atoms with Crippen molar-refractivity contribution >= 4 is 0 Å². The molecule has 0 aliphatic heterocycles. The fourth-order valence-corrected chi connectivity index (χ4v) is 1.32. The minimum Gasteiger partial charge on any atom is -0.490 e. The van der Waals surface area contributed by atoms with Gasteiger partial charge < -0.3 is 10.1 Å². The van der Waals surface area contributed by atoms with Crippen molar-refractivity contribution < 1.29 is 9.13 Å². The first-order valence-electron chi connectivity index (χ1n) is 5.64. The van der Waals surface area contributed by atoms with Crippen molar-refractivity contribution in [2.45, 2.75) is 26.8 Å². The van der Waals surface area contributed by atoms with Crippen LogP contribution < -0.4 is 10.1 Å². The van der Waals surface area contributed by atoms with Gasteiger partial charge in [-0.05, 0) is 37.6 Å². The molecule has 0 spiro atoms. The second kappa shape index (κ2) is 5.85. The Labute approximate surface area is 96.8 Å². The zero-order valence-electron chi connectivity index (χ0n) is 10.4. The molecule has 16 heavy (non-hydrogen) atoms. The predicted molar refractivity (Wildman–Crippen MR) is 64.2 cm³/mol. The zero-order valence-corrected chi connectivity index (χ0v) is 10.4. The number of hydrogen-bond acceptors (Lipinski definition) is 2. The minimum atomic E-state index is -0.298. The number of nitrogens with one attached hydrogen (secondary N) is 1. The largest absolute Gasteiger partial charge is 0.490 e. The van der Waals surface area contributed by atoms with E-state index < -0.39 is 0 Å². The summed E-state index contributed by atoms with van der Waals surface area (Å²) in [4.78, 5) is 0. The average Bonchev–Trinajstić information content (AvgIpc) is 2.26. The molecule has 90 valence electrons. The first kappa shape index (κ1) is 13.0. The molecular weight excluding hydrogens is 205 g/mol. The summed E-state index contributed by atoms with van der Waals surface area (Å²) in [6, 6.07) is 5.19. The lowest BCUT2D eigenvalue weighted by molar-refractivity contribution is 0.259. The maximum atomic E-state index is 13.4. The third-order valence-corrected chi connectivity index (χ3v) is 2.46. The second-order valence-electron chi connectivity index (χ2n) is 4.41. The van der Waals surface area contributed by atoms with E-state index >= 15 is 0 Å². The zero-order chi connectivity index (χ0) is 12.1. The minimum absolute atomic E-state index is 0.196. The smallest absolute Gasteiger partial charge is 0.165 e. The van der Waals surface area contributed by atoms with Gasteiger partial charge in [-0.2, -0.15) is 0 Å². The fraction of sp³-hybridized carbons (Fsp3) is 0.538. The van der Waals surface area contributed by atoms with Crippen molar-refractivity contribution in [3.63, 3.8) is 0 Å². The highest BCUT2D eigenvalue weighted by Crippen LogP contribution is 2.23. The number of benzene rings is 1. The third kappa shape index (κ3) is 3.49. The van der Waals surface area contributed by atoms with Crippen LogP contribution in [0.25, 0.3) is 0 Å². The molecule has 0 aromatic heterocycles. The molecule has 0 saturated heterocycles. The predicted octanol–water partition coefficient (Wildman–Crippen LogP) is 3.14. The average molecular weight is 225 g/mol. The van der Waals surface area contributed by atoms with Crippen LogP contribution in [0.3, 0.4) is 0 Å². The molecule has 1 atom stereocenters. The van der Waals surface area contributed by atoms with Crippen molar-refractivity contribution in [1.82, 2.24) is 5.32 Å². The maximum absolute atomic E-state index is 13.4. The lowest BCUT2D eigenvalue weighted by Crippen LogP contribution is -2.13. The Balaban J connectivity index is 2.82. The summed E-state index contributed by atoms with van der Waals surface area (Å²) in [5.41, 5.74) is 1.03. The third-order valence-electron chi connectivity index (χ3n) is 2.46. The number of hydrogen-bond donors (Lipinski definition) is 1. The van der Waals surface area contributed by atoms with E-state index in [1.807, 2.05) is 27.8 Å². The molecule has 0 aliphatic rings. The number of halogens is 1. The van der Waals surface area contributed by atoms with Gasteiger partial charge >= 0.3 is 0 Å². The summed E-state index contributed by atoms with van der Waals surface area (Å²) < 4.78 is 18.9. The van der Waals surface area contributed by atoms with Crippen molar-refractivity contribution in [2.24, 2.45) is 5.92 Å². The highest BCUT2D eigenvalue weighted by atomic mass is 19.1. The molecule has 0 fully saturated rings.